The number of allylic oxidation sites excluding steroid dienone is 1. The molecule has 1 saturated heterocycles. The second-order valence-corrected chi connectivity index (χ2v) is 9.93. The van der Waals surface area contributed by atoms with Crippen molar-refractivity contribution >= 4 is 23.7 Å². The van der Waals surface area contributed by atoms with Crippen LogP contribution in [0.25, 0.3) is 0 Å². The lowest BCUT2D eigenvalue weighted by Gasteiger charge is -2.26. The van der Waals surface area contributed by atoms with Gasteiger partial charge in [-0.05, 0) is 50.3 Å². The van der Waals surface area contributed by atoms with Gasteiger partial charge in [0.1, 0.15) is 17.6 Å². The average molecular weight is 543 g/mol. The molecule has 1 aromatic heterocycles. The standard InChI is InChI=1S/C28H35FN4O6/c1-5-6-21(15-19-11-12-30-25(19)34)31-27(36)23(14-18-7-9-20(29)10-8-18)38-28(37)24(16(2)3)32-26(35)22-13-17(4)39-33-22/h5-10,13,16,19,21,23-24H,11-12,14-15H2,1-4H3,(H,30,34)(H,31,36)(H,32,35)/b6-5+. The Kier molecular flexibility index (Phi) is 10.4. The third kappa shape index (κ3) is 8.49. The number of nitrogens with one attached hydrogen (secondary N) is 3. The largest absolute Gasteiger partial charge is 0.450 e. The number of halogens is 1. The van der Waals surface area contributed by atoms with E-state index in [-0.39, 0.29) is 29.9 Å². The summed E-state index contributed by atoms with van der Waals surface area (Å²) in [6, 6.07) is 5.41. The lowest BCUT2D eigenvalue weighted by Crippen LogP contribution is -2.50. The number of aromatic nitrogens is 1. The summed E-state index contributed by atoms with van der Waals surface area (Å²) in [5.74, 6) is -2.69. The van der Waals surface area contributed by atoms with Crippen LogP contribution in [0.5, 0.6) is 0 Å². The maximum absolute atomic E-state index is 13.5. The van der Waals surface area contributed by atoms with Crippen molar-refractivity contribution in [3.63, 3.8) is 0 Å². The van der Waals surface area contributed by atoms with Crippen LogP contribution in [-0.4, -0.2) is 53.6 Å². The fourth-order valence-electron chi connectivity index (χ4n) is 4.29. The van der Waals surface area contributed by atoms with E-state index in [9.17, 15) is 23.6 Å². The van der Waals surface area contributed by atoms with Crippen molar-refractivity contribution in [2.24, 2.45) is 11.8 Å². The summed E-state index contributed by atoms with van der Waals surface area (Å²) >= 11 is 0. The molecule has 3 N–H and O–H groups in total. The highest BCUT2D eigenvalue weighted by molar-refractivity contribution is 5.95. The predicted octanol–water partition coefficient (Wildman–Crippen LogP) is 2.62. The normalized spacial score (nSPS) is 17.5. The molecular weight excluding hydrogens is 507 g/mol. The average Bonchev–Trinajstić information content (AvgIpc) is 3.50. The van der Waals surface area contributed by atoms with E-state index in [2.05, 4.69) is 21.1 Å². The van der Waals surface area contributed by atoms with Crippen molar-refractivity contribution in [2.75, 3.05) is 6.54 Å². The molecule has 2 aromatic rings. The zero-order chi connectivity index (χ0) is 28.5. The van der Waals surface area contributed by atoms with E-state index in [4.69, 9.17) is 9.26 Å². The lowest BCUT2D eigenvalue weighted by molar-refractivity contribution is -0.158. The number of aryl methyl sites for hydroxylation is 1. The van der Waals surface area contributed by atoms with Crippen LogP contribution in [0.3, 0.4) is 0 Å². The van der Waals surface area contributed by atoms with Gasteiger partial charge in [0, 0.05) is 31.0 Å². The molecule has 39 heavy (non-hydrogen) atoms. The maximum atomic E-state index is 13.5. The molecule has 2 heterocycles. The number of hydrogen-bond acceptors (Lipinski definition) is 7. The fraction of sp³-hybridized carbons (Fsp3) is 0.464. The number of carbonyl (C=O) groups is 4. The van der Waals surface area contributed by atoms with Gasteiger partial charge in [0.2, 0.25) is 5.91 Å². The molecule has 0 saturated carbocycles. The molecular formula is C28H35FN4O6. The van der Waals surface area contributed by atoms with E-state index >= 15 is 0 Å². The summed E-state index contributed by atoms with van der Waals surface area (Å²) in [6.07, 6.45) is 3.30. The van der Waals surface area contributed by atoms with Crippen molar-refractivity contribution < 1.29 is 32.8 Å². The van der Waals surface area contributed by atoms with Crippen LogP contribution < -0.4 is 16.0 Å². The molecule has 1 fully saturated rings. The maximum Gasteiger partial charge on any atom is 0.329 e. The highest BCUT2D eigenvalue weighted by atomic mass is 19.1. The first kappa shape index (κ1) is 29.5. The third-order valence-electron chi connectivity index (χ3n) is 6.41. The molecule has 1 aliphatic heterocycles. The Labute approximate surface area is 226 Å². The van der Waals surface area contributed by atoms with E-state index in [1.54, 1.807) is 39.8 Å². The molecule has 3 rings (SSSR count). The van der Waals surface area contributed by atoms with Gasteiger partial charge in [-0.15, -0.1) is 0 Å². The Morgan fingerprint density at radius 1 is 1.23 bits per heavy atom. The molecule has 0 spiro atoms. The first-order chi connectivity index (χ1) is 18.6. The van der Waals surface area contributed by atoms with Gasteiger partial charge in [-0.2, -0.15) is 0 Å². The number of carbonyl (C=O) groups excluding carboxylic acids is 4. The van der Waals surface area contributed by atoms with Crippen LogP contribution in [-0.2, 0) is 25.5 Å². The zero-order valence-electron chi connectivity index (χ0n) is 22.5. The van der Waals surface area contributed by atoms with E-state index in [1.807, 2.05) is 0 Å². The number of amides is 3. The fourth-order valence-corrected chi connectivity index (χ4v) is 4.29. The van der Waals surface area contributed by atoms with Crippen LogP contribution in [0.15, 0.2) is 47.0 Å². The van der Waals surface area contributed by atoms with Crippen LogP contribution in [0, 0.1) is 24.6 Å². The predicted molar refractivity (Wildman–Crippen MR) is 140 cm³/mol. The van der Waals surface area contributed by atoms with Crippen molar-refractivity contribution in [1.29, 1.82) is 0 Å². The third-order valence-corrected chi connectivity index (χ3v) is 6.41. The van der Waals surface area contributed by atoms with Crippen LogP contribution in [0.2, 0.25) is 0 Å². The summed E-state index contributed by atoms with van der Waals surface area (Å²) in [7, 11) is 0. The minimum atomic E-state index is -1.28. The van der Waals surface area contributed by atoms with Gasteiger partial charge in [0.05, 0.1) is 0 Å². The molecule has 1 aromatic carbocycles. The molecule has 4 unspecified atom stereocenters. The minimum absolute atomic E-state index is 0.0108. The van der Waals surface area contributed by atoms with Gasteiger partial charge in [0.15, 0.2) is 11.8 Å². The molecule has 0 bridgehead atoms. The van der Waals surface area contributed by atoms with Gasteiger partial charge >= 0.3 is 5.97 Å². The molecule has 11 heteroatoms. The van der Waals surface area contributed by atoms with Crippen molar-refractivity contribution in [2.45, 2.75) is 65.1 Å². The van der Waals surface area contributed by atoms with Crippen molar-refractivity contribution in [3.8, 4) is 0 Å². The number of ether oxygens (including phenoxy) is 1. The Balaban J connectivity index is 1.77. The highest BCUT2D eigenvalue weighted by Gasteiger charge is 2.33. The lowest BCUT2D eigenvalue weighted by atomic mass is 9.97. The van der Waals surface area contributed by atoms with Gasteiger partial charge in [0.25, 0.3) is 11.8 Å². The van der Waals surface area contributed by atoms with Crippen LogP contribution in [0.1, 0.15) is 55.4 Å². The summed E-state index contributed by atoms with van der Waals surface area (Å²) in [4.78, 5) is 51.4. The van der Waals surface area contributed by atoms with E-state index in [1.165, 1.54) is 30.3 Å². The number of hydrogen-bond donors (Lipinski definition) is 3. The molecule has 0 aliphatic carbocycles. The summed E-state index contributed by atoms with van der Waals surface area (Å²) < 4.78 is 24.1. The second kappa shape index (κ2) is 13.7. The molecule has 4 atom stereocenters. The van der Waals surface area contributed by atoms with E-state index in [0.717, 1.165) is 0 Å². The van der Waals surface area contributed by atoms with E-state index < -0.39 is 41.8 Å². The summed E-state index contributed by atoms with van der Waals surface area (Å²) in [5.41, 5.74) is 0.585. The second-order valence-electron chi connectivity index (χ2n) is 9.93. The minimum Gasteiger partial charge on any atom is -0.450 e. The SMILES string of the molecule is C/C=C/C(CC1CCNC1=O)NC(=O)C(Cc1ccc(F)cc1)OC(=O)C(NC(=O)c1cc(C)on1)C(C)C. The Hall–Kier alpha value is -4.02. The quantitative estimate of drug-likeness (QED) is 0.277. The molecule has 1 aliphatic rings. The zero-order valence-corrected chi connectivity index (χ0v) is 22.5. The number of rotatable bonds is 12. The number of nitrogens with zero attached hydrogens (tertiary/aromatic N) is 1. The van der Waals surface area contributed by atoms with Crippen molar-refractivity contribution in [1.82, 2.24) is 21.1 Å². The summed E-state index contributed by atoms with van der Waals surface area (Å²) in [6.45, 7) is 7.47. The smallest absolute Gasteiger partial charge is 0.329 e. The molecule has 0 radical (unpaired) electrons. The number of benzene rings is 1. The Bertz CT molecular complexity index is 1190. The number of esters is 1. The topological polar surface area (TPSA) is 140 Å². The molecule has 210 valence electrons. The molecule has 3 amide bonds. The summed E-state index contributed by atoms with van der Waals surface area (Å²) in [5, 5.41) is 11.9. The molecule has 10 nitrogen and oxygen atoms in total. The van der Waals surface area contributed by atoms with Gasteiger partial charge in [-0.25, -0.2) is 9.18 Å². The van der Waals surface area contributed by atoms with Gasteiger partial charge in [-0.3, -0.25) is 14.4 Å². The Morgan fingerprint density at radius 2 is 1.95 bits per heavy atom. The van der Waals surface area contributed by atoms with Crippen molar-refractivity contribution in [3.05, 3.63) is 65.3 Å². The first-order valence-corrected chi connectivity index (χ1v) is 13.0. The van der Waals surface area contributed by atoms with Gasteiger partial charge < -0.3 is 25.2 Å². The monoisotopic (exact) mass is 542 g/mol. The highest BCUT2D eigenvalue weighted by Crippen LogP contribution is 2.18. The first-order valence-electron chi connectivity index (χ1n) is 13.0. The van der Waals surface area contributed by atoms with Gasteiger partial charge in [-0.1, -0.05) is 43.3 Å². The Morgan fingerprint density at radius 3 is 2.51 bits per heavy atom. The van der Waals surface area contributed by atoms with E-state index in [0.29, 0.717) is 30.7 Å². The van der Waals surface area contributed by atoms with Crippen LogP contribution >= 0.6 is 0 Å². The van der Waals surface area contributed by atoms with Crippen LogP contribution in [0.4, 0.5) is 4.39 Å².